The Morgan fingerprint density at radius 3 is 2.38 bits per heavy atom. The van der Waals surface area contributed by atoms with Crippen molar-refractivity contribution in [1.29, 1.82) is 5.26 Å². The maximum absolute atomic E-state index is 12.6. The molecule has 0 atom stereocenters. The van der Waals surface area contributed by atoms with Crippen LogP contribution in [0.25, 0.3) is 6.08 Å². The second-order valence-corrected chi connectivity index (χ2v) is 6.95. The summed E-state index contributed by atoms with van der Waals surface area (Å²) >= 11 is 0. The van der Waals surface area contributed by atoms with Gasteiger partial charge in [0.1, 0.15) is 11.0 Å². The highest BCUT2D eigenvalue weighted by atomic mass is 32.2. The van der Waals surface area contributed by atoms with Crippen molar-refractivity contribution in [2.75, 3.05) is 7.11 Å². The Kier molecular flexibility index (Phi) is 4.81. The molecule has 0 aliphatic carbocycles. The summed E-state index contributed by atoms with van der Waals surface area (Å²) in [5.74, 6) is -0.980. The van der Waals surface area contributed by atoms with Gasteiger partial charge in [0, 0.05) is 0 Å². The normalized spacial score (nSPS) is 11.8. The van der Waals surface area contributed by atoms with Crippen LogP contribution in [-0.2, 0) is 9.84 Å². The zero-order chi connectivity index (χ0) is 17.9. The lowest BCUT2D eigenvalue weighted by Gasteiger charge is -2.07. The second kappa shape index (κ2) is 6.64. The number of hydrogen-bond acceptors (Lipinski definition) is 6. The first kappa shape index (κ1) is 17.4. The van der Waals surface area contributed by atoms with Crippen LogP contribution in [0.1, 0.15) is 11.1 Å². The Labute approximate surface area is 139 Å². The lowest BCUT2D eigenvalue weighted by atomic mass is 10.1. The molecule has 0 heterocycles. The number of nitriles is 1. The molecule has 0 saturated heterocycles. The van der Waals surface area contributed by atoms with Gasteiger partial charge < -0.3 is 14.9 Å². The van der Waals surface area contributed by atoms with E-state index in [1.807, 2.05) is 6.92 Å². The summed E-state index contributed by atoms with van der Waals surface area (Å²) in [6.45, 7) is 1.82. The second-order valence-electron chi connectivity index (χ2n) is 5.03. The number of ether oxygens (including phenoxy) is 1. The number of benzene rings is 2. The van der Waals surface area contributed by atoms with E-state index < -0.39 is 26.2 Å². The van der Waals surface area contributed by atoms with E-state index in [1.165, 1.54) is 25.3 Å². The third kappa shape index (κ3) is 3.34. The van der Waals surface area contributed by atoms with E-state index in [-0.39, 0.29) is 16.2 Å². The van der Waals surface area contributed by atoms with Gasteiger partial charge in [0.05, 0.1) is 12.0 Å². The van der Waals surface area contributed by atoms with Crippen LogP contribution < -0.4 is 4.74 Å². The fourth-order valence-electron chi connectivity index (χ4n) is 2.02. The molecule has 2 aromatic rings. The third-order valence-corrected chi connectivity index (χ3v) is 5.01. The monoisotopic (exact) mass is 345 g/mol. The molecule has 2 N–H and O–H groups in total. The SMILES string of the molecule is COc1cc(C=C(C#N)S(=O)(=O)c2ccc(C)cc2)cc(O)c1O. The van der Waals surface area contributed by atoms with Gasteiger partial charge in [-0.05, 0) is 42.8 Å². The molecule has 2 aromatic carbocycles. The Morgan fingerprint density at radius 2 is 1.83 bits per heavy atom. The van der Waals surface area contributed by atoms with E-state index in [2.05, 4.69) is 0 Å². The van der Waals surface area contributed by atoms with Crippen molar-refractivity contribution in [3.63, 3.8) is 0 Å². The predicted molar refractivity (Wildman–Crippen MR) is 88.3 cm³/mol. The molecule has 0 spiro atoms. The van der Waals surface area contributed by atoms with Crippen LogP contribution in [-0.4, -0.2) is 25.7 Å². The summed E-state index contributed by atoms with van der Waals surface area (Å²) in [7, 11) is -2.71. The van der Waals surface area contributed by atoms with Gasteiger partial charge in [-0.1, -0.05) is 17.7 Å². The van der Waals surface area contributed by atoms with Crippen molar-refractivity contribution < 1.29 is 23.4 Å². The number of phenols is 2. The van der Waals surface area contributed by atoms with E-state index in [9.17, 15) is 23.9 Å². The first-order chi connectivity index (χ1) is 11.3. The molecule has 124 valence electrons. The topological polar surface area (TPSA) is 108 Å². The predicted octanol–water partition coefficient (Wildman–Crippen LogP) is 2.75. The van der Waals surface area contributed by atoms with Crippen LogP contribution >= 0.6 is 0 Å². The maximum Gasteiger partial charge on any atom is 0.216 e. The van der Waals surface area contributed by atoms with Crippen molar-refractivity contribution in [3.8, 4) is 23.3 Å². The van der Waals surface area contributed by atoms with Gasteiger partial charge in [0.15, 0.2) is 11.5 Å². The number of hydrogen-bond donors (Lipinski definition) is 2. The summed E-state index contributed by atoms with van der Waals surface area (Å²) in [5, 5.41) is 28.5. The van der Waals surface area contributed by atoms with E-state index in [0.29, 0.717) is 0 Å². The van der Waals surface area contributed by atoms with Crippen molar-refractivity contribution in [3.05, 3.63) is 52.4 Å². The van der Waals surface area contributed by atoms with Gasteiger partial charge in [-0.3, -0.25) is 0 Å². The molecule has 0 unspecified atom stereocenters. The van der Waals surface area contributed by atoms with Crippen molar-refractivity contribution in [2.45, 2.75) is 11.8 Å². The molecule has 2 rings (SSSR count). The maximum atomic E-state index is 12.6. The van der Waals surface area contributed by atoms with Crippen LogP contribution in [0.15, 0.2) is 46.2 Å². The first-order valence-corrected chi connectivity index (χ1v) is 8.31. The summed E-state index contributed by atoms with van der Waals surface area (Å²) in [4.78, 5) is -0.491. The van der Waals surface area contributed by atoms with E-state index in [4.69, 9.17) is 4.74 Å². The molecule has 24 heavy (non-hydrogen) atoms. The molecule has 0 fully saturated rings. The quantitative estimate of drug-likeness (QED) is 0.652. The summed E-state index contributed by atoms with van der Waals surface area (Å²) in [5.41, 5.74) is 1.10. The average Bonchev–Trinajstić information content (AvgIpc) is 2.55. The summed E-state index contributed by atoms with van der Waals surface area (Å²) in [6.07, 6.45) is 1.11. The van der Waals surface area contributed by atoms with Gasteiger partial charge in [0.25, 0.3) is 0 Å². The van der Waals surface area contributed by atoms with Crippen LogP contribution in [0.3, 0.4) is 0 Å². The molecule has 0 saturated carbocycles. The molecule has 0 aliphatic rings. The van der Waals surface area contributed by atoms with Gasteiger partial charge in [-0.25, -0.2) is 8.42 Å². The van der Waals surface area contributed by atoms with Crippen molar-refractivity contribution in [1.82, 2.24) is 0 Å². The number of nitrogens with zero attached hydrogens (tertiary/aromatic N) is 1. The lowest BCUT2D eigenvalue weighted by Crippen LogP contribution is -2.03. The van der Waals surface area contributed by atoms with Crippen LogP contribution in [0, 0.1) is 18.3 Å². The van der Waals surface area contributed by atoms with Crippen LogP contribution in [0.5, 0.6) is 17.2 Å². The van der Waals surface area contributed by atoms with Gasteiger partial charge in [0.2, 0.25) is 15.6 Å². The number of phenolic OH excluding ortho intramolecular Hbond substituents is 2. The zero-order valence-corrected chi connectivity index (χ0v) is 13.8. The van der Waals surface area contributed by atoms with E-state index in [1.54, 1.807) is 18.2 Å². The Hall–Kier alpha value is -2.98. The number of aromatic hydroxyl groups is 2. The molecule has 6 nitrogen and oxygen atoms in total. The standard InChI is InChI=1S/C17H15NO5S/c1-11-3-5-13(6-4-11)24(21,22)14(10-18)7-12-8-15(19)17(20)16(9-12)23-2/h3-9,19-20H,1-2H3. The minimum absolute atomic E-state index is 0.00383. The molecule has 0 aromatic heterocycles. The number of aryl methyl sites for hydroxylation is 1. The third-order valence-electron chi connectivity index (χ3n) is 3.33. The largest absolute Gasteiger partial charge is 0.504 e. The molecule has 0 bridgehead atoms. The van der Waals surface area contributed by atoms with E-state index >= 15 is 0 Å². The van der Waals surface area contributed by atoms with Crippen molar-refractivity contribution >= 4 is 15.9 Å². The highest BCUT2D eigenvalue weighted by molar-refractivity contribution is 7.95. The molecular weight excluding hydrogens is 330 g/mol. The minimum atomic E-state index is -3.99. The van der Waals surface area contributed by atoms with Gasteiger partial charge in [-0.15, -0.1) is 0 Å². The van der Waals surface area contributed by atoms with Gasteiger partial charge >= 0.3 is 0 Å². The Balaban J connectivity index is 2.56. The summed E-state index contributed by atoms with van der Waals surface area (Å²) in [6, 6.07) is 10.2. The Bertz CT molecular complexity index is 938. The number of rotatable bonds is 4. The molecule has 7 heteroatoms. The molecule has 0 amide bonds. The lowest BCUT2D eigenvalue weighted by molar-refractivity contribution is 0.351. The van der Waals surface area contributed by atoms with E-state index in [0.717, 1.165) is 17.7 Å². The fraction of sp³-hybridized carbons (Fsp3) is 0.118. The fourth-order valence-corrected chi connectivity index (χ4v) is 3.18. The van der Waals surface area contributed by atoms with Crippen LogP contribution in [0.2, 0.25) is 0 Å². The summed E-state index contributed by atoms with van der Waals surface area (Å²) < 4.78 is 30.0. The zero-order valence-electron chi connectivity index (χ0n) is 13.0. The van der Waals surface area contributed by atoms with Crippen LogP contribution in [0.4, 0.5) is 0 Å². The number of methoxy groups -OCH3 is 1. The molecule has 0 radical (unpaired) electrons. The average molecular weight is 345 g/mol. The molecular formula is C17H15NO5S. The Morgan fingerprint density at radius 1 is 1.21 bits per heavy atom. The van der Waals surface area contributed by atoms with Gasteiger partial charge in [-0.2, -0.15) is 5.26 Å². The molecule has 0 aliphatic heterocycles. The highest BCUT2D eigenvalue weighted by Gasteiger charge is 2.21. The van der Waals surface area contributed by atoms with Crippen molar-refractivity contribution in [2.24, 2.45) is 0 Å². The first-order valence-electron chi connectivity index (χ1n) is 6.83. The number of allylic oxidation sites excluding steroid dienone is 1. The smallest absolute Gasteiger partial charge is 0.216 e. The minimum Gasteiger partial charge on any atom is -0.504 e. The number of sulfone groups is 1. The highest BCUT2D eigenvalue weighted by Crippen LogP contribution is 2.37.